The zero-order chi connectivity index (χ0) is 19.0. The minimum atomic E-state index is -0.572. The maximum atomic E-state index is 11.5. The van der Waals surface area contributed by atoms with E-state index in [-0.39, 0.29) is 11.5 Å². The van der Waals surface area contributed by atoms with Crippen molar-refractivity contribution in [1.29, 1.82) is 0 Å². The fraction of sp³-hybridized carbons (Fsp3) is 0. The first-order valence-electron chi connectivity index (χ1n) is 8.20. The van der Waals surface area contributed by atoms with Gasteiger partial charge in [-0.25, -0.2) is 9.97 Å². The van der Waals surface area contributed by atoms with Gasteiger partial charge in [0.1, 0.15) is 11.3 Å². The van der Waals surface area contributed by atoms with Crippen LogP contribution in [0.1, 0.15) is 5.56 Å². The Balaban J connectivity index is 2.01. The SMILES string of the molecule is C=C(C(N)=O)c1cccc(-n2c(-c3ccccc3)nc3cnc(N)nc32)c1. The summed E-state index contributed by atoms with van der Waals surface area (Å²) in [5.74, 6) is 0.269. The van der Waals surface area contributed by atoms with Gasteiger partial charge in [0.2, 0.25) is 11.9 Å². The third-order valence-corrected chi connectivity index (χ3v) is 4.20. The number of carbonyl (C=O) groups excluding carboxylic acids is 1. The van der Waals surface area contributed by atoms with Crippen LogP contribution in [0.15, 0.2) is 67.4 Å². The van der Waals surface area contributed by atoms with E-state index < -0.39 is 5.91 Å². The molecule has 0 saturated heterocycles. The van der Waals surface area contributed by atoms with Crippen molar-refractivity contribution in [2.45, 2.75) is 0 Å². The van der Waals surface area contributed by atoms with Gasteiger partial charge >= 0.3 is 0 Å². The lowest BCUT2D eigenvalue weighted by Crippen LogP contribution is -2.12. The maximum Gasteiger partial charge on any atom is 0.248 e. The highest BCUT2D eigenvalue weighted by Crippen LogP contribution is 2.28. The van der Waals surface area contributed by atoms with Crippen LogP contribution < -0.4 is 11.5 Å². The highest BCUT2D eigenvalue weighted by atomic mass is 16.1. The number of nitrogen functional groups attached to an aromatic ring is 1. The van der Waals surface area contributed by atoms with E-state index in [9.17, 15) is 4.79 Å². The first kappa shape index (κ1) is 16.5. The molecule has 7 nitrogen and oxygen atoms in total. The van der Waals surface area contributed by atoms with E-state index in [0.717, 1.165) is 11.3 Å². The number of fused-ring (bicyclic) bond motifs is 1. The quantitative estimate of drug-likeness (QED) is 0.546. The lowest BCUT2D eigenvalue weighted by atomic mass is 10.1. The summed E-state index contributed by atoms with van der Waals surface area (Å²) in [6.45, 7) is 3.76. The summed E-state index contributed by atoms with van der Waals surface area (Å²) in [5.41, 5.74) is 14.9. The molecule has 0 saturated carbocycles. The molecule has 7 heteroatoms. The molecular weight excluding hydrogens is 340 g/mol. The predicted octanol–water partition coefficient (Wildman–Crippen LogP) is 2.56. The number of imidazole rings is 1. The molecule has 0 aliphatic rings. The smallest absolute Gasteiger partial charge is 0.248 e. The average molecular weight is 356 g/mol. The van der Waals surface area contributed by atoms with Gasteiger partial charge in [-0.2, -0.15) is 4.98 Å². The molecule has 4 aromatic rings. The molecule has 4 rings (SSSR count). The summed E-state index contributed by atoms with van der Waals surface area (Å²) in [4.78, 5) is 24.6. The van der Waals surface area contributed by atoms with Gasteiger partial charge in [0.25, 0.3) is 0 Å². The van der Waals surface area contributed by atoms with Crippen LogP contribution in [0.5, 0.6) is 0 Å². The van der Waals surface area contributed by atoms with Crippen molar-refractivity contribution in [3.8, 4) is 17.1 Å². The molecule has 0 atom stereocenters. The van der Waals surface area contributed by atoms with Gasteiger partial charge in [-0.3, -0.25) is 9.36 Å². The minimum absolute atomic E-state index is 0.154. The molecule has 0 spiro atoms. The average Bonchev–Trinajstić information content (AvgIpc) is 3.06. The Hall–Kier alpha value is -4.00. The first-order chi connectivity index (χ1) is 13.0. The molecule has 4 N–H and O–H groups in total. The fourth-order valence-electron chi connectivity index (χ4n) is 2.89. The minimum Gasteiger partial charge on any atom is -0.368 e. The van der Waals surface area contributed by atoms with E-state index in [1.807, 2.05) is 53.1 Å². The summed E-state index contributed by atoms with van der Waals surface area (Å²) in [7, 11) is 0. The summed E-state index contributed by atoms with van der Waals surface area (Å²) in [5, 5.41) is 0. The highest BCUT2D eigenvalue weighted by molar-refractivity contribution is 6.17. The molecule has 0 aliphatic carbocycles. The van der Waals surface area contributed by atoms with E-state index in [2.05, 4.69) is 21.5 Å². The van der Waals surface area contributed by atoms with Crippen molar-refractivity contribution >= 4 is 28.6 Å². The van der Waals surface area contributed by atoms with Crippen LogP contribution in [0, 0.1) is 0 Å². The number of hydrogen-bond donors (Lipinski definition) is 2. The van der Waals surface area contributed by atoms with Gasteiger partial charge in [-0.1, -0.05) is 49.0 Å². The molecule has 0 aliphatic heterocycles. The molecule has 1 amide bonds. The number of aromatic nitrogens is 4. The third kappa shape index (κ3) is 2.91. The zero-order valence-corrected chi connectivity index (χ0v) is 14.3. The second-order valence-corrected chi connectivity index (χ2v) is 5.97. The predicted molar refractivity (Wildman–Crippen MR) is 105 cm³/mol. The summed E-state index contributed by atoms with van der Waals surface area (Å²) < 4.78 is 1.88. The Morgan fingerprint density at radius 3 is 2.56 bits per heavy atom. The Labute approximate surface area is 155 Å². The van der Waals surface area contributed by atoms with Crippen molar-refractivity contribution in [1.82, 2.24) is 19.5 Å². The summed E-state index contributed by atoms with van der Waals surface area (Å²) in [6, 6.07) is 17.0. The van der Waals surface area contributed by atoms with Gasteiger partial charge in [0.05, 0.1) is 6.20 Å². The standard InChI is InChI=1S/C20H16N6O/c1-12(17(21)27)14-8-5-9-15(10-14)26-18(13-6-3-2-4-7-13)24-16-11-23-20(22)25-19(16)26/h2-11H,1H2,(H2,21,27)(H2,22,23,25). The Morgan fingerprint density at radius 2 is 1.81 bits per heavy atom. The Bertz CT molecular complexity index is 1180. The van der Waals surface area contributed by atoms with Crippen LogP contribution in [0.25, 0.3) is 33.8 Å². The van der Waals surface area contributed by atoms with Crippen molar-refractivity contribution in [2.75, 3.05) is 5.73 Å². The molecule has 132 valence electrons. The van der Waals surface area contributed by atoms with E-state index in [1.54, 1.807) is 12.3 Å². The third-order valence-electron chi connectivity index (χ3n) is 4.20. The van der Waals surface area contributed by atoms with Gasteiger partial charge in [-0.15, -0.1) is 0 Å². The lowest BCUT2D eigenvalue weighted by molar-refractivity contribution is -0.112. The number of amides is 1. The van der Waals surface area contributed by atoms with Crippen molar-refractivity contribution in [3.63, 3.8) is 0 Å². The van der Waals surface area contributed by atoms with Gasteiger partial charge in [0, 0.05) is 16.8 Å². The summed E-state index contributed by atoms with van der Waals surface area (Å²) in [6.07, 6.45) is 1.59. The van der Waals surface area contributed by atoms with Crippen LogP contribution in [0.4, 0.5) is 5.95 Å². The number of carbonyl (C=O) groups is 1. The molecular formula is C20H16N6O. The van der Waals surface area contributed by atoms with E-state index in [0.29, 0.717) is 22.6 Å². The number of rotatable bonds is 4. The molecule has 2 aromatic heterocycles. The lowest BCUT2D eigenvalue weighted by Gasteiger charge is -2.11. The van der Waals surface area contributed by atoms with Crippen LogP contribution in [0.2, 0.25) is 0 Å². The van der Waals surface area contributed by atoms with Crippen molar-refractivity contribution in [3.05, 3.63) is 72.9 Å². The Morgan fingerprint density at radius 1 is 1.04 bits per heavy atom. The van der Waals surface area contributed by atoms with Crippen LogP contribution >= 0.6 is 0 Å². The molecule has 2 heterocycles. The van der Waals surface area contributed by atoms with Gasteiger partial charge in [0.15, 0.2) is 5.65 Å². The van der Waals surface area contributed by atoms with Gasteiger partial charge < -0.3 is 11.5 Å². The number of hydrogen-bond acceptors (Lipinski definition) is 5. The molecule has 0 fully saturated rings. The van der Waals surface area contributed by atoms with Crippen molar-refractivity contribution < 1.29 is 4.79 Å². The second kappa shape index (κ2) is 6.38. The van der Waals surface area contributed by atoms with Crippen LogP contribution in [-0.4, -0.2) is 25.4 Å². The number of nitrogens with zero attached hydrogens (tertiary/aromatic N) is 4. The number of nitrogens with two attached hydrogens (primary N) is 2. The number of anilines is 1. The first-order valence-corrected chi connectivity index (χ1v) is 8.20. The van der Waals surface area contributed by atoms with E-state index in [1.165, 1.54) is 0 Å². The van der Waals surface area contributed by atoms with E-state index >= 15 is 0 Å². The molecule has 2 aromatic carbocycles. The van der Waals surface area contributed by atoms with Crippen LogP contribution in [-0.2, 0) is 4.79 Å². The molecule has 0 radical (unpaired) electrons. The fourth-order valence-corrected chi connectivity index (χ4v) is 2.89. The zero-order valence-electron chi connectivity index (χ0n) is 14.3. The maximum absolute atomic E-state index is 11.5. The normalized spacial score (nSPS) is 10.8. The molecule has 0 unspecified atom stereocenters. The molecule has 27 heavy (non-hydrogen) atoms. The van der Waals surface area contributed by atoms with Crippen LogP contribution in [0.3, 0.4) is 0 Å². The van der Waals surface area contributed by atoms with Crippen molar-refractivity contribution in [2.24, 2.45) is 5.73 Å². The number of primary amides is 1. The highest BCUT2D eigenvalue weighted by Gasteiger charge is 2.17. The number of benzene rings is 2. The topological polar surface area (TPSA) is 113 Å². The molecule has 0 bridgehead atoms. The second-order valence-electron chi connectivity index (χ2n) is 5.97. The Kier molecular flexibility index (Phi) is 3.89. The summed E-state index contributed by atoms with van der Waals surface area (Å²) >= 11 is 0. The largest absolute Gasteiger partial charge is 0.368 e. The van der Waals surface area contributed by atoms with E-state index in [4.69, 9.17) is 11.5 Å². The van der Waals surface area contributed by atoms with Gasteiger partial charge in [-0.05, 0) is 17.7 Å². The monoisotopic (exact) mass is 356 g/mol.